The van der Waals surface area contributed by atoms with E-state index in [9.17, 15) is 19.2 Å². The van der Waals surface area contributed by atoms with Crippen molar-refractivity contribution in [3.63, 3.8) is 0 Å². The van der Waals surface area contributed by atoms with E-state index in [0.717, 1.165) is 23.3 Å². The summed E-state index contributed by atoms with van der Waals surface area (Å²) in [5.74, 6) is -2.63. The van der Waals surface area contributed by atoms with Gasteiger partial charge in [0.05, 0.1) is 0 Å². The molecule has 0 aliphatic rings. The van der Waals surface area contributed by atoms with Gasteiger partial charge in [-0.05, 0) is 37.8 Å². The van der Waals surface area contributed by atoms with E-state index in [0.29, 0.717) is 25.9 Å². The molecule has 2 atom stereocenters. The van der Waals surface area contributed by atoms with Crippen molar-refractivity contribution in [1.29, 1.82) is 0 Å². The van der Waals surface area contributed by atoms with Crippen LogP contribution in [0.2, 0.25) is 0 Å². The minimum Gasteiger partial charge on any atom is -0.449 e. The molecule has 2 N–H and O–H groups in total. The van der Waals surface area contributed by atoms with Crippen LogP contribution >= 0.6 is 0 Å². The zero-order chi connectivity index (χ0) is 24.8. The topological polar surface area (TPSA) is 111 Å². The second-order valence-corrected chi connectivity index (χ2v) is 7.54. The Hall–Kier alpha value is -3.94. The molecular weight excluding hydrogens is 436 g/mol. The third kappa shape index (κ3) is 10.1. The Labute approximate surface area is 199 Å². The number of rotatable bonds is 12. The number of amides is 2. The van der Waals surface area contributed by atoms with Crippen molar-refractivity contribution in [2.45, 2.75) is 38.9 Å². The van der Waals surface area contributed by atoms with Crippen molar-refractivity contribution < 1.29 is 28.7 Å². The van der Waals surface area contributed by atoms with Gasteiger partial charge in [-0.15, -0.1) is 0 Å². The van der Waals surface area contributed by atoms with E-state index in [1.54, 1.807) is 0 Å². The highest BCUT2D eigenvalue weighted by Crippen LogP contribution is 2.01. The molecule has 2 aromatic rings. The van der Waals surface area contributed by atoms with Crippen molar-refractivity contribution in [3.05, 3.63) is 83.9 Å². The molecule has 2 aromatic carbocycles. The first-order chi connectivity index (χ1) is 16.3. The van der Waals surface area contributed by atoms with E-state index in [4.69, 9.17) is 9.47 Å². The maximum atomic E-state index is 12.1. The maximum Gasteiger partial charge on any atom is 0.331 e. The zero-order valence-corrected chi connectivity index (χ0v) is 19.4. The number of carbonyl (C=O) groups is 4. The quantitative estimate of drug-likeness (QED) is 0.366. The van der Waals surface area contributed by atoms with Gasteiger partial charge in [-0.2, -0.15) is 0 Å². The van der Waals surface area contributed by atoms with Crippen LogP contribution < -0.4 is 10.6 Å². The lowest BCUT2D eigenvalue weighted by atomic mass is 10.1. The fourth-order valence-electron chi connectivity index (χ4n) is 2.91. The largest absolute Gasteiger partial charge is 0.449 e. The van der Waals surface area contributed by atoms with Gasteiger partial charge in [0.2, 0.25) is 0 Å². The summed E-state index contributed by atoms with van der Waals surface area (Å²) in [6.07, 6.45) is 0.955. The second kappa shape index (κ2) is 14.3. The van der Waals surface area contributed by atoms with Crippen LogP contribution in [0.5, 0.6) is 0 Å². The Morgan fingerprint density at radius 2 is 1.03 bits per heavy atom. The van der Waals surface area contributed by atoms with Gasteiger partial charge in [0.1, 0.15) is 0 Å². The van der Waals surface area contributed by atoms with E-state index in [2.05, 4.69) is 10.6 Å². The van der Waals surface area contributed by atoms with Crippen LogP contribution in [0.4, 0.5) is 0 Å². The summed E-state index contributed by atoms with van der Waals surface area (Å²) in [5, 5.41) is 5.38. The minimum absolute atomic E-state index is 0.401. The molecule has 0 saturated heterocycles. The molecule has 0 aliphatic carbocycles. The first kappa shape index (κ1) is 26.3. The number of ether oxygens (including phenoxy) is 2. The van der Waals surface area contributed by atoms with Gasteiger partial charge in [-0.1, -0.05) is 60.7 Å². The predicted octanol–water partition coefficient (Wildman–Crippen LogP) is 2.12. The van der Waals surface area contributed by atoms with Gasteiger partial charge in [0, 0.05) is 25.2 Å². The summed E-state index contributed by atoms with van der Waals surface area (Å²) in [6, 6.07) is 19.3. The van der Waals surface area contributed by atoms with Gasteiger partial charge in [0.25, 0.3) is 11.8 Å². The van der Waals surface area contributed by atoms with E-state index in [1.165, 1.54) is 13.8 Å². The number of hydrogen-bond donors (Lipinski definition) is 2. The first-order valence-corrected chi connectivity index (χ1v) is 11.1. The van der Waals surface area contributed by atoms with Crippen molar-refractivity contribution in [2.24, 2.45) is 0 Å². The molecule has 34 heavy (non-hydrogen) atoms. The number of esters is 2. The molecule has 8 nitrogen and oxygen atoms in total. The lowest BCUT2D eigenvalue weighted by Gasteiger charge is -2.13. The average Bonchev–Trinajstić information content (AvgIpc) is 2.84. The van der Waals surface area contributed by atoms with Crippen LogP contribution in [0.15, 0.2) is 72.8 Å². The Balaban J connectivity index is 1.64. The molecule has 0 fully saturated rings. The van der Waals surface area contributed by atoms with E-state index < -0.39 is 36.0 Å². The molecule has 2 rings (SSSR count). The molecule has 0 aliphatic heterocycles. The van der Waals surface area contributed by atoms with Crippen molar-refractivity contribution in [2.75, 3.05) is 13.1 Å². The Morgan fingerprint density at radius 1 is 0.676 bits per heavy atom. The molecule has 0 saturated carbocycles. The molecule has 8 heteroatoms. The summed E-state index contributed by atoms with van der Waals surface area (Å²) >= 11 is 0. The highest BCUT2D eigenvalue weighted by Gasteiger charge is 2.18. The molecule has 0 heterocycles. The third-order valence-electron chi connectivity index (χ3n) is 4.79. The Kier molecular flexibility index (Phi) is 11.0. The molecule has 0 spiro atoms. The van der Waals surface area contributed by atoms with Crippen LogP contribution in [0, 0.1) is 0 Å². The smallest absolute Gasteiger partial charge is 0.331 e. The molecule has 0 radical (unpaired) electrons. The zero-order valence-electron chi connectivity index (χ0n) is 19.4. The van der Waals surface area contributed by atoms with Crippen LogP contribution in [-0.4, -0.2) is 49.1 Å². The maximum absolute atomic E-state index is 12.1. The summed E-state index contributed by atoms with van der Waals surface area (Å²) in [7, 11) is 0. The monoisotopic (exact) mass is 466 g/mol. The van der Waals surface area contributed by atoms with E-state index in [1.807, 2.05) is 60.7 Å². The normalized spacial score (nSPS) is 12.4. The number of hydrogen-bond acceptors (Lipinski definition) is 6. The molecule has 2 unspecified atom stereocenters. The first-order valence-electron chi connectivity index (χ1n) is 11.1. The number of benzene rings is 2. The lowest BCUT2D eigenvalue weighted by molar-refractivity contribution is -0.151. The van der Waals surface area contributed by atoms with Crippen LogP contribution in [0.1, 0.15) is 25.0 Å². The number of nitrogens with one attached hydrogen (secondary N) is 2. The molecule has 2 amide bonds. The SMILES string of the molecule is CC(OC(=O)C=CC(=O)OC(C)C(=O)NCCc1ccccc1)C(=O)NCCc1ccccc1. The van der Waals surface area contributed by atoms with Gasteiger partial charge in [-0.3, -0.25) is 9.59 Å². The average molecular weight is 467 g/mol. The number of carbonyl (C=O) groups excluding carboxylic acids is 4. The summed E-state index contributed by atoms with van der Waals surface area (Å²) in [5.41, 5.74) is 2.15. The summed E-state index contributed by atoms with van der Waals surface area (Å²) in [6.45, 7) is 3.67. The highest BCUT2D eigenvalue weighted by molar-refractivity contribution is 5.94. The fourth-order valence-corrected chi connectivity index (χ4v) is 2.91. The van der Waals surface area contributed by atoms with Crippen molar-refractivity contribution in [1.82, 2.24) is 10.6 Å². The standard InChI is InChI=1S/C26H30N2O6/c1-19(25(31)27-17-15-21-9-5-3-6-10-21)33-23(29)13-14-24(30)34-20(2)26(32)28-18-16-22-11-7-4-8-12-22/h3-14,19-20H,15-18H2,1-2H3,(H,27,31)(H,28,32). The third-order valence-corrected chi connectivity index (χ3v) is 4.79. The Morgan fingerprint density at radius 3 is 1.38 bits per heavy atom. The fraction of sp³-hybridized carbons (Fsp3) is 0.308. The molecular formula is C26H30N2O6. The summed E-state index contributed by atoms with van der Waals surface area (Å²) in [4.78, 5) is 47.9. The van der Waals surface area contributed by atoms with Crippen LogP contribution in [0.3, 0.4) is 0 Å². The molecule has 0 aromatic heterocycles. The van der Waals surface area contributed by atoms with Gasteiger partial charge >= 0.3 is 11.9 Å². The minimum atomic E-state index is -1.03. The van der Waals surface area contributed by atoms with Gasteiger partial charge in [0.15, 0.2) is 12.2 Å². The molecule has 180 valence electrons. The van der Waals surface area contributed by atoms with Crippen molar-refractivity contribution in [3.8, 4) is 0 Å². The predicted molar refractivity (Wildman–Crippen MR) is 127 cm³/mol. The van der Waals surface area contributed by atoms with Gasteiger partial charge < -0.3 is 20.1 Å². The van der Waals surface area contributed by atoms with E-state index >= 15 is 0 Å². The van der Waals surface area contributed by atoms with Gasteiger partial charge in [-0.25, -0.2) is 9.59 Å². The summed E-state index contributed by atoms with van der Waals surface area (Å²) < 4.78 is 9.98. The van der Waals surface area contributed by atoms with E-state index in [-0.39, 0.29) is 0 Å². The lowest BCUT2D eigenvalue weighted by Crippen LogP contribution is -2.37. The van der Waals surface area contributed by atoms with Crippen LogP contribution in [0.25, 0.3) is 0 Å². The molecule has 0 bridgehead atoms. The van der Waals surface area contributed by atoms with Crippen molar-refractivity contribution >= 4 is 23.8 Å². The second-order valence-electron chi connectivity index (χ2n) is 7.54. The Bertz CT molecular complexity index is 896. The van der Waals surface area contributed by atoms with Crippen LogP contribution in [-0.2, 0) is 41.5 Å². The highest BCUT2D eigenvalue weighted by atomic mass is 16.6.